The van der Waals surface area contributed by atoms with E-state index < -0.39 is 0 Å². The Morgan fingerprint density at radius 2 is 0.403 bits per heavy atom. The van der Waals surface area contributed by atoms with Crippen molar-refractivity contribution in [1.82, 2.24) is 0 Å². The fourth-order valence-electron chi connectivity index (χ4n) is 21.8. The molecule has 0 N–H and O–H groups in total. The third-order valence-electron chi connectivity index (χ3n) is 28.8. The molecule has 6 aromatic heterocycles. The first-order chi connectivity index (χ1) is 71.1. The van der Waals surface area contributed by atoms with Crippen LogP contribution in [0, 0.1) is 0 Å². The molecule has 9 heteroatoms. The van der Waals surface area contributed by atoms with Crippen LogP contribution in [0.5, 0.6) is 0 Å². The van der Waals surface area contributed by atoms with Crippen LogP contribution in [0.1, 0.15) is 25.0 Å². The number of furan rings is 3. The largest absolute Gasteiger partial charge is 0.455 e. The Morgan fingerprint density at radius 3 is 0.757 bits per heavy atom. The first kappa shape index (κ1) is 85.5. The van der Waals surface area contributed by atoms with Crippen molar-refractivity contribution < 1.29 is 13.3 Å². The molecule has 1 aliphatic rings. The first-order valence-corrected chi connectivity index (χ1v) is 51.4. The number of hydrogen-bond donors (Lipinski definition) is 0. The lowest BCUT2D eigenvalue weighted by Gasteiger charge is -2.29. The molecule has 6 heterocycles. The second-order valence-corrected chi connectivity index (χ2v) is 40.9. The standard InChI is InChI=1S/C48H31NOS.C45H31NOS.C42H27NOS/c1-3-11-32(12-4-1)33-19-21-34(22-20-33)35-23-25-37(26-24-35)49(38-27-28-47-43(29-38)41-16-8-10-18-46(41)51-47)39-30-42(36-13-5-2-6-14-36)48-44(31-39)40-15-7-9-17-45(40)50-48;1-45(2)39-17-9-6-14-32(39)33-22-20-30(27-40(33)45)46(29-21-23-43-37(24-29)35-16-8-11-19-42(35)48-43)31-25-36(28-12-4-3-5-13-28)44-38(26-31)34-15-7-10-18-41(34)47-44;1-3-11-28(12-4-1)29-19-21-31(22-20-29)43(32-23-24-41-37(25-32)35-16-8-10-18-40(35)45-41)33-26-36(30-13-5-2-6-14-30)42-38(27-33)34-15-7-9-17-39(34)44-42/h1-31H;3-27H,1-2H3;1-27H. The summed E-state index contributed by atoms with van der Waals surface area (Å²) in [5, 5.41) is 14.4. The highest BCUT2D eigenvalue weighted by Crippen LogP contribution is 2.55. The molecule has 0 amide bonds. The van der Waals surface area contributed by atoms with E-state index in [1.165, 1.54) is 116 Å². The summed E-state index contributed by atoms with van der Waals surface area (Å²) in [5.74, 6) is 0. The van der Waals surface area contributed by atoms with Crippen molar-refractivity contribution in [1.29, 1.82) is 0 Å². The topological polar surface area (TPSA) is 49.1 Å². The Labute approximate surface area is 844 Å². The maximum Gasteiger partial charge on any atom is 0.143 e. The average Bonchev–Trinajstić information content (AvgIpc) is 1.56. The van der Waals surface area contributed by atoms with Gasteiger partial charge in [-0.3, -0.25) is 0 Å². The second kappa shape index (κ2) is 35.6. The lowest BCUT2D eigenvalue weighted by atomic mass is 9.82. The van der Waals surface area contributed by atoms with Gasteiger partial charge in [0.05, 0.1) is 0 Å². The van der Waals surface area contributed by atoms with Crippen LogP contribution in [0.15, 0.2) is 517 Å². The predicted octanol–water partition coefficient (Wildman–Crippen LogP) is 40.6. The number of para-hydroxylation sites is 3. The molecule has 0 fully saturated rings. The first-order valence-electron chi connectivity index (χ1n) is 48.9. The number of anilines is 9. The summed E-state index contributed by atoms with van der Waals surface area (Å²) in [6.45, 7) is 4.71. The average molecular weight is 1900 g/mol. The molecule has 22 aromatic carbocycles. The van der Waals surface area contributed by atoms with E-state index in [-0.39, 0.29) is 5.41 Å². The van der Waals surface area contributed by atoms with Gasteiger partial charge in [-0.15, -0.1) is 34.0 Å². The third-order valence-corrected chi connectivity index (χ3v) is 32.2. The van der Waals surface area contributed by atoms with Gasteiger partial charge in [0.15, 0.2) is 0 Å². The molecular weight excluding hydrogens is 1810 g/mol. The van der Waals surface area contributed by atoms with Crippen molar-refractivity contribution >= 4 is 212 Å². The highest BCUT2D eigenvalue weighted by atomic mass is 32.1. The Bertz CT molecular complexity index is 9810. The maximum absolute atomic E-state index is 6.59. The van der Waals surface area contributed by atoms with Crippen LogP contribution >= 0.6 is 34.0 Å². The van der Waals surface area contributed by atoms with Gasteiger partial charge >= 0.3 is 0 Å². The molecule has 28 aromatic rings. The van der Waals surface area contributed by atoms with Gasteiger partial charge in [-0.2, -0.15) is 0 Å². The van der Waals surface area contributed by atoms with Crippen LogP contribution in [-0.4, -0.2) is 0 Å². The number of thiophene rings is 3. The van der Waals surface area contributed by atoms with Gasteiger partial charge in [-0.05, 0) is 236 Å². The highest BCUT2D eigenvalue weighted by molar-refractivity contribution is 7.26. The minimum Gasteiger partial charge on any atom is -0.455 e. The summed E-state index contributed by atoms with van der Waals surface area (Å²) in [4.78, 5) is 7.22. The van der Waals surface area contributed by atoms with Crippen LogP contribution in [0.2, 0.25) is 0 Å². The van der Waals surface area contributed by atoms with Gasteiger partial charge in [-0.25, -0.2) is 0 Å². The molecule has 29 rings (SSSR count). The summed E-state index contributed by atoms with van der Waals surface area (Å²) < 4.78 is 27.5. The van der Waals surface area contributed by atoms with Crippen LogP contribution in [0.25, 0.3) is 204 Å². The molecule has 0 aliphatic heterocycles. The van der Waals surface area contributed by atoms with Crippen molar-refractivity contribution in [3.8, 4) is 77.9 Å². The van der Waals surface area contributed by atoms with Crippen molar-refractivity contribution in [2.24, 2.45) is 0 Å². The number of rotatable bonds is 15. The number of benzene rings is 22. The predicted molar refractivity (Wildman–Crippen MR) is 614 cm³/mol. The molecule has 6 nitrogen and oxygen atoms in total. The zero-order valence-corrected chi connectivity index (χ0v) is 81.2. The molecule has 144 heavy (non-hydrogen) atoms. The van der Waals surface area contributed by atoms with Crippen LogP contribution < -0.4 is 14.7 Å². The van der Waals surface area contributed by atoms with E-state index in [1.807, 2.05) is 52.2 Å². The Balaban J connectivity index is 0.000000108. The molecule has 0 radical (unpaired) electrons. The summed E-state index contributed by atoms with van der Waals surface area (Å²) in [7, 11) is 0. The molecule has 680 valence electrons. The van der Waals surface area contributed by atoms with Gasteiger partial charge in [-0.1, -0.05) is 354 Å². The van der Waals surface area contributed by atoms with Crippen molar-refractivity contribution in [3.05, 3.63) is 515 Å². The second-order valence-electron chi connectivity index (χ2n) is 37.6. The van der Waals surface area contributed by atoms with E-state index >= 15 is 0 Å². The normalized spacial score (nSPS) is 12.2. The monoisotopic (exact) mass is 1900 g/mol. The number of hydrogen-bond acceptors (Lipinski definition) is 9. The zero-order valence-electron chi connectivity index (χ0n) is 78.7. The molecule has 0 spiro atoms. The molecule has 0 saturated heterocycles. The Morgan fingerprint density at radius 1 is 0.160 bits per heavy atom. The van der Waals surface area contributed by atoms with Gasteiger partial charge in [0.25, 0.3) is 0 Å². The van der Waals surface area contributed by atoms with E-state index in [4.69, 9.17) is 13.3 Å². The van der Waals surface area contributed by atoms with Crippen LogP contribution in [0.3, 0.4) is 0 Å². The maximum atomic E-state index is 6.59. The van der Waals surface area contributed by atoms with E-state index in [0.717, 1.165) is 150 Å². The van der Waals surface area contributed by atoms with Gasteiger partial charge in [0, 0.05) is 166 Å². The molecule has 0 atom stereocenters. The highest BCUT2D eigenvalue weighted by Gasteiger charge is 2.37. The molecule has 0 saturated carbocycles. The summed E-state index contributed by atoms with van der Waals surface area (Å²) >= 11 is 5.55. The van der Waals surface area contributed by atoms with Crippen molar-refractivity contribution in [2.75, 3.05) is 14.7 Å². The summed E-state index contributed by atoms with van der Waals surface area (Å²) in [6.07, 6.45) is 0. The Kier molecular flexibility index (Phi) is 21.1. The van der Waals surface area contributed by atoms with E-state index in [9.17, 15) is 0 Å². The molecular formula is C135H89N3O3S3. The van der Waals surface area contributed by atoms with Crippen LogP contribution in [0.4, 0.5) is 51.2 Å². The van der Waals surface area contributed by atoms with Gasteiger partial charge in [0.2, 0.25) is 0 Å². The van der Waals surface area contributed by atoms with Crippen molar-refractivity contribution in [2.45, 2.75) is 19.3 Å². The van der Waals surface area contributed by atoms with Crippen LogP contribution in [-0.2, 0) is 5.41 Å². The minimum absolute atomic E-state index is 0.110. The van der Waals surface area contributed by atoms with Crippen molar-refractivity contribution in [3.63, 3.8) is 0 Å². The number of fused-ring (bicyclic) bond motifs is 21. The van der Waals surface area contributed by atoms with Gasteiger partial charge in [0.1, 0.15) is 33.5 Å². The van der Waals surface area contributed by atoms with E-state index in [2.05, 4.69) is 514 Å². The van der Waals surface area contributed by atoms with E-state index in [0.29, 0.717) is 0 Å². The zero-order chi connectivity index (χ0) is 95.5. The lowest BCUT2D eigenvalue weighted by Crippen LogP contribution is -2.16. The summed E-state index contributed by atoms with van der Waals surface area (Å²) in [5.41, 5.74) is 34.4. The molecule has 1 aliphatic carbocycles. The quantitative estimate of drug-likeness (QED) is 0.102. The fourth-order valence-corrected chi connectivity index (χ4v) is 25.0. The molecule has 0 bridgehead atoms. The SMILES string of the molecule is CC1(C)c2ccccc2-c2ccc(N(c3ccc4sc5ccccc5c4c3)c3cc(-c4ccccc4)c4oc5ccccc5c4c3)cc21.c1ccc(-c2ccc(-c3ccc(N(c4ccc5sc6ccccc6c5c4)c4cc(-c5ccccc5)c5oc6ccccc6c5c4)cc3)cc2)cc1.c1ccc(-c2ccc(N(c3ccc4sc5ccccc5c4c3)c3cc(-c4ccccc4)c4oc5ccccc5c4c3)cc2)cc1. The lowest BCUT2D eigenvalue weighted by molar-refractivity contribution is 0.660. The minimum atomic E-state index is -0.110. The smallest absolute Gasteiger partial charge is 0.143 e. The summed E-state index contributed by atoms with van der Waals surface area (Å²) in [6, 6.07) is 181. The number of nitrogens with zero attached hydrogens (tertiary/aromatic N) is 3. The fraction of sp³-hybridized carbons (Fsp3) is 0.0222. The third kappa shape index (κ3) is 15.1. The molecule has 0 unspecified atom stereocenters. The van der Waals surface area contributed by atoms with Gasteiger partial charge < -0.3 is 28.0 Å². The Hall–Kier alpha value is -17.7. The van der Waals surface area contributed by atoms with E-state index in [1.54, 1.807) is 0 Å².